The summed E-state index contributed by atoms with van der Waals surface area (Å²) in [4.78, 5) is 10.5. The van der Waals surface area contributed by atoms with Crippen LogP contribution in [0.15, 0.2) is 0 Å². The van der Waals surface area contributed by atoms with Crippen molar-refractivity contribution in [1.82, 2.24) is 0 Å². The number of carbonyl (C=O) groups excluding carboxylic acids is 1. The van der Waals surface area contributed by atoms with Gasteiger partial charge in [0.15, 0.2) is 0 Å². The molecule has 3 heteroatoms. The fourth-order valence-corrected chi connectivity index (χ4v) is 6.06. The van der Waals surface area contributed by atoms with Gasteiger partial charge in [0.05, 0.1) is 0 Å². The van der Waals surface area contributed by atoms with Crippen molar-refractivity contribution in [1.29, 1.82) is 0 Å². The van der Waals surface area contributed by atoms with E-state index in [9.17, 15) is 4.79 Å². The standard InChI is InChI=1S/C10H22O2Si/c1-4-7-13(8-5-2,9-6-3)12-10-11/h10H,4-9H2,1-3H3. The molecule has 0 bridgehead atoms. The zero-order valence-electron chi connectivity index (χ0n) is 9.14. The van der Waals surface area contributed by atoms with Crippen molar-refractivity contribution in [2.45, 2.75) is 58.2 Å². The molecule has 0 aliphatic rings. The van der Waals surface area contributed by atoms with E-state index in [1.54, 1.807) is 0 Å². The molecule has 0 fully saturated rings. The lowest BCUT2D eigenvalue weighted by Gasteiger charge is -2.28. The fourth-order valence-electron chi connectivity index (χ4n) is 2.02. The molecule has 13 heavy (non-hydrogen) atoms. The molecule has 0 aromatic rings. The summed E-state index contributed by atoms with van der Waals surface area (Å²) in [5.74, 6) is 0. The van der Waals surface area contributed by atoms with Crippen LogP contribution in [0.1, 0.15) is 40.0 Å². The van der Waals surface area contributed by atoms with Crippen LogP contribution in [0.2, 0.25) is 18.1 Å². The van der Waals surface area contributed by atoms with E-state index in [1.807, 2.05) is 0 Å². The van der Waals surface area contributed by atoms with Crippen LogP contribution in [0.5, 0.6) is 0 Å². The van der Waals surface area contributed by atoms with E-state index in [0.29, 0.717) is 6.47 Å². The lowest BCUT2D eigenvalue weighted by molar-refractivity contribution is -0.121. The summed E-state index contributed by atoms with van der Waals surface area (Å²) in [6, 6.07) is 3.40. The van der Waals surface area contributed by atoms with Crippen LogP contribution in [0.4, 0.5) is 0 Å². The van der Waals surface area contributed by atoms with E-state index in [0.717, 1.165) is 37.4 Å². The Bertz CT molecular complexity index is 120. The molecule has 0 aliphatic heterocycles. The molecule has 0 aliphatic carbocycles. The zero-order chi connectivity index (χ0) is 10.2. The predicted octanol–water partition coefficient (Wildman–Crippen LogP) is 3.33. The highest BCUT2D eigenvalue weighted by molar-refractivity contribution is 6.74. The normalized spacial score (nSPS) is 11.3. The molecule has 0 spiro atoms. The summed E-state index contributed by atoms with van der Waals surface area (Å²) >= 11 is 0. The molecular weight excluding hydrogens is 180 g/mol. The topological polar surface area (TPSA) is 26.3 Å². The second-order valence-corrected chi connectivity index (χ2v) is 7.75. The predicted molar refractivity (Wildman–Crippen MR) is 58.2 cm³/mol. The number of carbonyl (C=O) groups is 1. The molecule has 78 valence electrons. The maximum Gasteiger partial charge on any atom is 0.279 e. The Labute approximate surface area is 82.8 Å². The lowest BCUT2D eigenvalue weighted by Crippen LogP contribution is -2.37. The van der Waals surface area contributed by atoms with Crippen molar-refractivity contribution in [3.05, 3.63) is 0 Å². The third-order valence-corrected chi connectivity index (χ3v) is 7.24. The smallest absolute Gasteiger partial charge is 0.279 e. The SMILES string of the molecule is CCC[Si](CCC)(CCC)OC=O. The van der Waals surface area contributed by atoms with Gasteiger partial charge in [0.25, 0.3) is 14.8 Å². The van der Waals surface area contributed by atoms with Crippen LogP contribution >= 0.6 is 0 Å². The minimum absolute atomic E-state index is 0.674. The summed E-state index contributed by atoms with van der Waals surface area (Å²) in [6.45, 7) is 7.18. The monoisotopic (exact) mass is 202 g/mol. The van der Waals surface area contributed by atoms with E-state index < -0.39 is 8.32 Å². The number of hydrogen-bond acceptors (Lipinski definition) is 2. The second-order valence-electron chi connectivity index (χ2n) is 3.65. The molecule has 0 atom stereocenters. The van der Waals surface area contributed by atoms with Crippen LogP contribution in [-0.4, -0.2) is 14.8 Å². The van der Waals surface area contributed by atoms with Crippen molar-refractivity contribution >= 4 is 14.8 Å². The third kappa shape index (κ3) is 4.46. The average Bonchev–Trinajstić information content (AvgIpc) is 2.06. The van der Waals surface area contributed by atoms with Gasteiger partial charge in [0, 0.05) is 0 Å². The first-order chi connectivity index (χ1) is 6.24. The van der Waals surface area contributed by atoms with E-state index in [4.69, 9.17) is 4.43 Å². The summed E-state index contributed by atoms with van der Waals surface area (Å²) in [6.07, 6.45) is 3.42. The molecule has 0 saturated heterocycles. The lowest BCUT2D eigenvalue weighted by atomic mass is 10.6. The number of hydrogen-bond donors (Lipinski definition) is 0. The second kappa shape index (κ2) is 7.13. The molecule has 0 N–H and O–H groups in total. The van der Waals surface area contributed by atoms with Gasteiger partial charge in [-0.25, -0.2) is 0 Å². The Hall–Kier alpha value is -0.313. The first kappa shape index (κ1) is 12.7. The molecule has 0 amide bonds. The molecule has 0 unspecified atom stereocenters. The molecule has 0 rings (SSSR count). The maximum atomic E-state index is 10.5. The van der Waals surface area contributed by atoms with Crippen LogP contribution < -0.4 is 0 Å². The maximum absolute atomic E-state index is 10.5. The summed E-state index contributed by atoms with van der Waals surface area (Å²) in [5.41, 5.74) is 0. The van der Waals surface area contributed by atoms with Crippen molar-refractivity contribution in [2.75, 3.05) is 0 Å². The highest BCUT2D eigenvalue weighted by Gasteiger charge is 2.33. The van der Waals surface area contributed by atoms with Gasteiger partial charge in [0.2, 0.25) is 0 Å². The quantitative estimate of drug-likeness (QED) is 0.446. The third-order valence-electron chi connectivity index (χ3n) is 2.41. The summed E-state index contributed by atoms with van der Waals surface area (Å²) in [5, 5.41) is 0. The van der Waals surface area contributed by atoms with Gasteiger partial charge in [-0.2, -0.15) is 0 Å². The van der Waals surface area contributed by atoms with Gasteiger partial charge in [-0.3, -0.25) is 4.79 Å². The van der Waals surface area contributed by atoms with E-state index in [2.05, 4.69) is 20.8 Å². The van der Waals surface area contributed by atoms with Crippen LogP contribution in [0.25, 0.3) is 0 Å². The Balaban J connectivity index is 4.27. The van der Waals surface area contributed by atoms with Gasteiger partial charge in [-0.05, 0) is 18.1 Å². The largest absolute Gasteiger partial charge is 0.521 e. The Kier molecular flexibility index (Phi) is 6.95. The Morgan fingerprint density at radius 1 is 1.00 bits per heavy atom. The van der Waals surface area contributed by atoms with E-state index in [-0.39, 0.29) is 0 Å². The highest BCUT2D eigenvalue weighted by atomic mass is 28.4. The minimum Gasteiger partial charge on any atom is -0.521 e. The number of rotatable bonds is 8. The molecular formula is C10H22O2Si. The fraction of sp³-hybridized carbons (Fsp3) is 0.900. The van der Waals surface area contributed by atoms with Crippen LogP contribution in [0.3, 0.4) is 0 Å². The van der Waals surface area contributed by atoms with Gasteiger partial charge in [0.1, 0.15) is 0 Å². The molecule has 0 heterocycles. The highest BCUT2D eigenvalue weighted by Crippen LogP contribution is 2.26. The van der Waals surface area contributed by atoms with Gasteiger partial charge < -0.3 is 4.43 Å². The minimum atomic E-state index is -1.66. The van der Waals surface area contributed by atoms with Gasteiger partial charge in [-0.15, -0.1) is 0 Å². The first-order valence-corrected chi connectivity index (χ1v) is 7.89. The van der Waals surface area contributed by atoms with Gasteiger partial charge in [-0.1, -0.05) is 40.0 Å². The van der Waals surface area contributed by atoms with E-state index in [1.165, 1.54) is 0 Å². The molecule has 0 saturated carbocycles. The molecule has 0 aromatic heterocycles. The molecule has 0 aromatic carbocycles. The van der Waals surface area contributed by atoms with Gasteiger partial charge >= 0.3 is 0 Å². The van der Waals surface area contributed by atoms with E-state index >= 15 is 0 Å². The van der Waals surface area contributed by atoms with Crippen molar-refractivity contribution in [2.24, 2.45) is 0 Å². The van der Waals surface area contributed by atoms with Crippen LogP contribution in [-0.2, 0) is 9.22 Å². The molecule has 2 nitrogen and oxygen atoms in total. The van der Waals surface area contributed by atoms with Crippen molar-refractivity contribution in [3.63, 3.8) is 0 Å². The summed E-state index contributed by atoms with van der Waals surface area (Å²) < 4.78 is 5.41. The Morgan fingerprint density at radius 3 is 1.62 bits per heavy atom. The molecule has 0 radical (unpaired) electrons. The van der Waals surface area contributed by atoms with Crippen molar-refractivity contribution in [3.8, 4) is 0 Å². The van der Waals surface area contributed by atoms with Crippen LogP contribution in [0, 0.1) is 0 Å². The first-order valence-electron chi connectivity index (χ1n) is 5.36. The zero-order valence-corrected chi connectivity index (χ0v) is 10.1. The average molecular weight is 202 g/mol. The van der Waals surface area contributed by atoms with Crippen molar-refractivity contribution < 1.29 is 9.22 Å². The summed E-state index contributed by atoms with van der Waals surface area (Å²) in [7, 11) is -1.66. The Morgan fingerprint density at radius 2 is 1.38 bits per heavy atom.